The van der Waals surface area contributed by atoms with Gasteiger partial charge in [0.05, 0.1) is 39.6 Å². The molecule has 0 aromatic carbocycles. The molecule has 0 saturated carbocycles. The summed E-state index contributed by atoms with van der Waals surface area (Å²) in [5.74, 6) is 0. The molecule has 0 bridgehead atoms. The van der Waals surface area contributed by atoms with Crippen molar-refractivity contribution in [1.82, 2.24) is 5.32 Å². The molecule has 5 nitrogen and oxygen atoms in total. The number of unbranched alkanes of at least 4 members (excludes halogenated alkanes) is 1. The van der Waals surface area contributed by atoms with E-state index in [0.717, 1.165) is 32.6 Å². The summed E-state index contributed by atoms with van der Waals surface area (Å²) >= 11 is 0. The molecule has 20 heavy (non-hydrogen) atoms. The van der Waals surface area contributed by atoms with Crippen LogP contribution in [0.4, 0.5) is 0 Å². The molecule has 0 radical (unpaired) electrons. The zero-order valence-corrected chi connectivity index (χ0v) is 13.5. The Bertz CT molecular complexity index is 181. The van der Waals surface area contributed by atoms with Gasteiger partial charge in [-0.3, -0.25) is 0 Å². The molecule has 0 aromatic heterocycles. The lowest BCUT2D eigenvalue weighted by molar-refractivity contribution is 0.0140. The highest BCUT2D eigenvalue weighted by Crippen LogP contribution is 1.91. The summed E-state index contributed by atoms with van der Waals surface area (Å²) in [5.41, 5.74) is 0. The summed E-state index contributed by atoms with van der Waals surface area (Å²) in [5, 5.41) is 3.39. The lowest BCUT2D eigenvalue weighted by Gasteiger charge is -2.15. The van der Waals surface area contributed by atoms with Crippen LogP contribution in [0.25, 0.3) is 0 Å². The second-order valence-electron chi connectivity index (χ2n) is 4.71. The Morgan fingerprint density at radius 2 is 1.45 bits per heavy atom. The minimum Gasteiger partial charge on any atom is -0.383 e. The molecule has 0 amide bonds. The Kier molecular flexibility index (Phi) is 16.7. The van der Waals surface area contributed by atoms with Crippen LogP contribution in [0.2, 0.25) is 0 Å². The maximum atomic E-state index is 5.48. The van der Waals surface area contributed by atoms with Gasteiger partial charge in [-0.05, 0) is 12.8 Å². The van der Waals surface area contributed by atoms with Crippen LogP contribution in [0.3, 0.4) is 0 Å². The molecular formula is C15H33NO4. The van der Waals surface area contributed by atoms with Crippen molar-refractivity contribution in [1.29, 1.82) is 0 Å². The zero-order chi connectivity index (χ0) is 14.9. The first-order chi connectivity index (χ1) is 9.85. The van der Waals surface area contributed by atoms with Gasteiger partial charge in [-0.1, -0.05) is 20.3 Å². The van der Waals surface area contributed by atoms with Crippen molar-refractivity contribution in [2.75, 3.05) is 59.9 Å². The Hall–Kier alpha value is -0.200. The molecule has 0 heterocycles. The molecular weight excluding hydrogens is 258 g/mol. The first kappa shape index (κ1) is 19.8. The van der Waals surface area contributed by atoms with Crippen LogP contribution >= 0.6 is 0 Å². The summed E-state index contributed by atoms with van der Waals surface area (Å²) in [7, 11) is 1.73. The fourth-order valence-corrected chi connectivity index (χ4v) is 1.65. The number of rotatable bonds is 16. The van der Waals surface area contributed by atoms with E-state index in [4.69, 9.17) is 18.9 Å². The maximum absolute atomic E-state index is 5.48. The molecule has 122 valence electrons. The van der Waals surface area contributed by atoms with Gasteiger partial charge < -0.3 is 24.3 Å². The quantitative estimate of drug-likeness (QED) is 0.440. The lowest BCUT2D eigenvalue weighted by atomic mass is 10.2. The Balaban J connectivity index is 3.09. The van der Waals surface area contributed by atoms with Gasteiger partial charge in [0.15, 0.2) is 0 Å². The molecule has 0 saturated heterocycles. The highest BCUT2D eigenvalue weighted by Gasteiger charge is 2.03. The summed E-state index contributed by atoms with van der Waals surface area (Å²) in [4.78, 5) is 0. The van der Waals surface area contributed by atoms with Gasteiger partial charge in [-0.2, -0.15) is 0 Å². The van der Waals surface area contributed by atoms with Crippen LogP contribution in [0.15, 0.2) is 0 Å². The minimum absolute atomic E-state index is 0.417. The maximum Gasteiger partial charge on any atom is 0.0701 e. The number of hydrogen-bond donors (Lipinski definition) is 1. The highest BCUT2D eigenvalue weighted by atomic mass is 16.5. The molecule has 1 N–H and O–H groups in total. The van der Waals surface area contributed by atoms with Crippen LogP contribution < -0.4 is 5.32 Å². The van der Waals surface area contributed by atoms with Crippen LogP contribution in [0, 0.1) is 0 Å². The molecule has 0 aliphatic carbocycles. The van der Waals surface area contributed by atoms with E-state index in [1.54, 1.807) is 7.11 Å². The van der Waals surface area contributed by atoms with Gasteiger partial charge >= 0.3 is 0 Å². The third kappa shape index (κ3) is 14.2. The standard InChI is InChI=1S/C15H33NO4/c1-4-6-8-18-10-12-20-13-11-19-9-7-16-15(5-2)14-17-3/h15-16H,4-14H2,1-3H3. The number of methoxy groups -OCH3 is 1. The van der Waals surface area contributed by atoms with E-state index >= 15 is 0 Å². The Morgan fingerprint density at radius 3 is 2.00 bits per heavy atom. The second kappa shape index (κ2) is 16.9. The summed E-state index contributed by atoms with van der Waals surface area (Å²) in [6.45, 7) is 10.0. The van der Waals surface area contributed by atoms with Crippen molar-refractivity contribution in [2.45, 2.75) is 39.2 Å². The van der Waals surface area contributed by atoms with Crippen LogP contribution in [-0.2, 0) is 18.9 Å². The van der Waals surface area contributed by atoms with Gasteiger partial charge in [0.2, 0.25) is 0 Å². The van der Waals surface area contributed by atoms with E-state index in [1.807, 2.05) is 0 Å². The number of nitrogens with one attached hydrogen (secondary N) is 1. The van der Waals surface area contributed by atoms with E-state index in [1.165, 1.54) is 6.42 Å². The van der Waals surface area contributed by atoms with Gasteiger partial charge in [-0.25, -0.2) is 0 Å². The first-order valence-electron chi connectivity index (χ1n) is 7.80. The average molecular weight is 291 g/mol. The normalized spacial score (nSPS) is 12.8. The predicted octanol–water partition coefficient (Wildman–Crippen LogP) is 1.85. The molecule has 1 unspecified atom stereocenters. The Morgan fingerprint density at radius 1 is 0.850 bits per heavy atom. The zero-order valence-electron chi connectivity index (χ0n) is 13.5. The van der Waals surface area contributed by atoms with E-state index in [2.05, 4.69) is 19.2 Å². The lowest BCUT2D eigenvalue weighted by Crippen LogP contribution is -2.35. The molecule has 0 rings (SSSR count). The van der Waals surface area contributed by atoms with Crippen molar-refractivity contribution in [2.24, 2.45) is 0 Å². The molecule has 0 spiro atoms. The number of hydrogen-bond acceptors (Lipinski definition) is 5. The van der Waals surface area contributed by atoms with Gasteiger partial charge in [0, 0.05) is 26.3 Å². The first-order valence-corrected chi connectivity index (χ1v) is 7.80. The van der Waals surface area contributed by atoms with Gasteiger partial charge in [0.1, 0.15) is 0 Å². The highest BCUT2D eigenvalue weighted by molar-refractivity contribution is 4.62. The van der Waals surface area contributed by atoms with Crippen LogP contribution in [-0.4, -0.2) is 65.9 Å². The van der Waals surface area contributed by atoms with Gasteiger partial charge in [-0.15, -0.1) is 0 Å². The van der Waals surface area contributed by atoms with Crippen molar-refractivity contribution in [3.8, 4) is 0 Å². The average Bonchev–Trinajstić information content (AvgIpc) is 2.47. The van der Waals surface area contributed by atoms with Crippen molar-refractivity contribution in [3.63, 3.8) is 0 Å². The summed E-state index contributed by atoms with van der Waals surface area (Å²) in [6, 6.07) is 0.417. The van der Waals surface area contributed by atoms with E-state index < -0.39 is 0 Å². The Labute approximate surface area is 124 Å². The summed E-state index contributed by atoms with van der Waals surface area (Å²) in [6.07, 6.45) is 3.36. The predicted molar refractivity (Wildman–Crippen MR) is 81.3 cm³/mol. The SMILES string of the molecule is CCCCOCCOCCOCCNC(CC)COC. The fraction of sp³-hybridized carbons (Fsp3) is 1.00. The van der Waals surface area contributed by atoms with E-state index in [-0.39, 0.29) is 0 Å². The molecule has 0 aliphatic rings. The van der Waals surface area contributed by atoms with Crippen molar-refractivity contribution < 1.29 is 18.9 Å². The summed E-state index contributed by atoms with van der Waals surface area (Å²) < 4.78 is 21.4. The van der Waals surface area contributed by atoms with Crippen molar-refractivity contribution >= 4 is 0 Å². The van der Waals surface area contributed by atoms with Crippen LogP contribution in [0.1, 0.15) is 33.1 Å². The topological polar surface area (TPSA) is 49.0 Å². The van der Waals surface area contributed by atoms with E-state index in [9.17, 15) is 0 Å². The molecule has 0 aromatic rings. The van der Waals surface area contributed by atoms with Gasteiger partial charge in [0.25, 0.3) is 0 Å². The monoisotopic (exact) mass is 291 g/mol. The van der Waals surface area contributed by atoms with E-state index in [0.29, 0.717) is 39.1 Å². The third-order valence-electron chi connectivity index (χ3n) is 2.93. The fourth-order valence-electron chi connectivity index (χ4n) is 1.65. The molecule has 1 atom stereocenters. The van der Waals surface area contributed by atoms with Crippen LogP contribution in [0.5, 0.6) is 0 Å². The molecule has 0 aliphatic heterocycles. The third-order valence-corrected chi connectivity index (χ3v) is 2.93. The largest absolute Gasteiger partial charge is 0.383 e. The second-order valence-corrected chi connectivity index (χ2v) is 4.71. The van der Waals surface area contributed by atoms with Crippen molar-refractivity contribution in [3.05, 3.63) is 0 Å². The minimum atomic E-state index is 0.417. The number of ether oxygens (including phenoxy) is 4. The molecule has 5 heteroatoms. The molecule has 0 fully saturated rings. The smallest absolute Gasteiger partial charge is 0.0701 e.